The van der Waals surface area contributed by atoms with Crippen molar-refractivity contribution in [2.75, 3.05) is 4.72 Å². The lowest BCUT2D eigenvalue weighted by Crippen LogP contribution is -2.14. The van der Waals surface area contributed by atoms with Gasteiger partial charge in [-0.3, -0.25) is 4.72 Å². The molecule has 1 aliphatic carbocycles. The number of pyridine rings is 1. The van der Waals surface area contributed by atoms with Gasteiger partial charge in [0, 0.05) is 16.6 Å². The Kier molecular flexibility index (Phi) is 3.63. The van der Waals surface area contributed by atoms with E-state index in [0.717, 1.165) is 24.1 Å². The predicted molar refractivity (Wildman–Crippen MR) is 83.2 cm³/mol. The zero-order valence-electron chi connectivity index (χ0n) is 11.5. The molecule has 1 N–H and O–H groups in total. The lowest BCUT2D eigenvalue weighted by atomic mass is 10.2. The zero-order chi connectivity index (χ0) is 15.0. The molecule has 2 aromatic rings. The van der Waals surface area contributed by atoms with Gasteiger partial charge in [-0.15, -0.1) is 0 Å². The second-order valence-corrected chi connectivity index (χ2v) is 7.33. The summed E-state index contributed by atoms with van der Waals surface area (Å²) in [5.74, 6) is 0.833. The Morgan fingerprint density at radius 2 is 2.00 bits per heavy atom. The van der Waals surface area contributed by atoms with Gasteiger partial charge in [-0.2, -0.15) is 0 Å². The Labute approximate surface area is 129 Å². The first-order valence-corrected chi connectivity index (χ1v) is 8.58. The molecule has 6 heteroatoms. The van der Waals surface area contributed by atoms with Crippen LogP contribution in [0.4, 0.5) is 5.82 Å². The summed E-state index contributed by atoms with van der Waals surface area (Å²) in [6.45, 7) is 1.77. The van der Waals surface area contributed by atoms with E-state index in [4.69, 9.17) is 11.6 Å². The Morgan fingerprint density at radius 3 is 2.67 bits per heavy atom. The van der Waals surface area contributed by atoms with Crippen LogP contribution >= 0.6 is 11.6 Å². The molecule has 1 heterocycles. The molecule has 0 radical (unpaired) electrons. The molecule has 0 spiro atoms. The van der Waals surface area contributed by atoms with E-state index in [1.54, 1.807) is 25.1 Å². The van der Waals surface area contributed by atoms with Gasteiger partial charge < -0.3 is 0 Å². The number of rotatable bonds is 4. The van der Waals surface area contributed by atoms with Crippen molar-refractivity contribution in [2.45, 2.75) is 30.6 Å². The quantitative estimate of drug-likeness (QED) is 0.933. The van der Waals surface area contributed by atoms with E-state index in [2.05, 4.69) is 9.71 Å². The Hall–Kier alpha value is -1.59. The van der Waals surface area contributed by atoms with Crippen molar-refractivity contribution in [1.29, 1.82) is 0 Å². The van der Waals surface area contributed by atoms with E-state index in [0.29, 0.717) is 16.8 Å². The number of nitrogens with one attached hydrogen (secondary N) is 1. The molecule has 0 aliphatic heterocycles. The first-order chi connectivity index (χ1) is 9.95. The smallest absolute Gasteiger partial charge is 0.263 e. The molecule has 110 valence electrons. The lowest BCUT2D eigenvalue weighted by Gasteiger charge is -2.09. The van der Waals surface area contributed by atoms with E-state index < -0.39 is 10.0 Å². The number of hydrogen-bond donors (Lipinski definition) is 1. The van der Waals surface area contributed by atoms with Crippen molar-refractivity contribution in [3.05, 3.63) is 52.7 Å². The van der Waals surface area contributed by atoms with E-state index in [1.165, 1.54) is 6.07 Å². The third-order valence-corrected chi connectivity index (χ3v) is 5.22. The monoisotopic (exact) mass is 322 g/mol. The lowest BCUT2D eigenvalue weighted by molar-refractivity contribution is 0.601. The van der Waals surface area contributed by atoms with Gasteiger partial charge >= 0.3 is 0 Å². The van der Waals surface area contributed by atoms with Gasteiger partial charge in [0.2, 0.25) is 0 Å². The first kappa shape index (κ1) is 14.4. The molecular formula is C15H15ClN2O2S. The Balaban J connectivity index is 1.88. The summed E-state index contributed by atoms with van der Waals surface area (Å²) in [6.07, 6.45) is 2.25. The average Bonchev–Trinajstić information content (AvgIpc) is 3.26. The number of benzene rings is 1. The van der Waals surface area contributed by atoms with Crippen molar-refractivity contribution in [1.82, 2.24) is 4.98 Å². The number of halogens is 1. The van der Waals surface area contributed by atoms with Crippen molar-refractivity contribution in [3.63, 3.8) is 0 Å². The highest BCUT2D eigenvalue weighted by Gasteiger charge is 2.25. The molecule has 1 aromatic heterocycles. The number of aryl methyl sites for hydroxylation is 1. The van der Waals surface area contributed by atoms with Crippen LogP contribution in [-0.2, 0) is 10.0 Å². The molecule has 3 rings (SSSR count). The van der Waals surface area contributed by atoms with E-state index in [1.807, 2.05) is 12.1 Å². The molecule has 1 saturated carbocycles. The van der Waals surface area contributed by atoms with Gasteiger partial charge in [0.1, 0.15) is 5.82 Å². The largest absolute Gasteiger partial charge is 0.263 e. The minimum Gasteiger partial charge on any atom is -0.263 e. The molecule has 0 amide bonds. The molecular weight excluding hydrogens is 308 g/mol. The van der Waals surface area contributed by atoms with Gasteiger partial charge in [0.25, 0.3) is 10.0 Å². The van der Waals surface area contributed by atoms with Crippen molar-refractivity contribution in [3.8, 4) is 0 Å². The second kappa shape index (κ2) is 5.31. The fraction of sp³-hybridized carbons (Fsp3) is 0.267. The number of anilines is 1. The van der Waals surface area contributed by atoms with Crippen LogP contribution in [0.15, 0.2) is 41.3 Å². The van der Waals surface area contributed by atoms with Crippen LogP contribution in [-0.4, -0.2) is 13.4 Å². The average molecular weight is 323 g/mol. The van der Waals surface area contributed by atoms with E-state index in [9.17, 15) is 8.42 Å². The van der Waals surface area contributed by atoms with Crippen molar-refractivity contribution < 1.29 is 8.42 Å². The Bertz CT molecular complexity index is 786. The molecule has 0 unspecified atom stereocenters. The number of nitrogens with zero attached hydrogens (tertiary/aromatic N) is 1. The van der Waals surface area contributed by atoms with Crippen LogP contribution in [0.3, 0.4) is 0 Å². The number of aromatic nitrogens is 1. The summed E-state index contributed by atoms with van der Waals surface area (Å²) in [5, 5.41) is 0.544. The molecule has 1 fully saturated rings. The van der Waals surface area contributed by atoms with Crippen molar-refractivity contribution >= 4 is 27.4 Å². The third kappa shape index (κ3) is 3.19. The molecule has 4 nitrogen and oxygen atoms in total. The summed E-state index contributed by atoms with van der Waals surface area (Å²) in [4.78, 5) is 4.55. The summed E-state index contributed by atoms with van der Waals surface area (Å²) >= 11 is 5.93. The number of sulfonamides is 1. The minimum atomic E-state index is -3.65. The fourth-order valence-corrected chi connectivity index (χ4v) is 3.30. The standard InChI is InChI=1S/C15H15ClN2O2S/c1-10-9-12(7-8-13(10)16)21(19,20)18-15-4-2-3-14(17-15)11-5-6-11/h2-4,7-9,11H,5-6H2,1H3,(H,17,18). The first-order valence-electron chi connectivity index (χ1n) is 6.71. The SMILES string of the molecule is Cc1cc(S(=O)(=O)Nc2cccc(C3CC3)n2)ccc1Cl. The van der Waals surface area contributed by atoms with Crippen LogP contribution in [0, 0.1) is 6.92 Å². The molecule has 1 aliphatic rings. The second-order valence-electron chi connectivity index (χ2n) is 5.24. The van der Waals surface area contributed by atoms with Gasteiger partial charge in [-0.05, 0) is 55.7 Å². The fourth-order valence-electron chi connectivity index (χ4n) is 2.10. The highest BCUT2D eigenvalue weighted by atomic mass is 35.5. The van der Waals surface area contributed by atoms with E-state index in [-0.39, 0.29) is 4.90 Å². The van der Waals surface area contributed by atoms with Gasteiger partial charge in [-0.25, -0.2) is 13.4 Å². The Morgan fingerprint density at radius 1 is 1.24 bits per heavy atom. The summed E-state index contributed by atoms with van der Waals surface area (Å²) in [6, 6.07) is 10.0. The minimum absolute atomic E-state index is 0.183. The summed E-state index contributed by atoms with van der Waals surface area (Å²) in [7, 11) is -3.65. The molecule has 0 saturated heterocycles. The third-order valence-electron chi connectivity index (χ3n) is 3.44. The van der Waals surface area contributed by atoms with Gasteiger partial charge in [-0.1, -0.05) is 17.7 Å². The molecule has 21 heavy (non-hydrogen) atoms. The molecule has 1 aromatic carbocycles. The maximum Gasteiger partial charge on any atom is 0.263 e. The van der Waals surface area contributed by atoms with Crippen LogP contribution in [0.5, 0.6) is 0 Å². The van der Waals surface area contributed by atoms with Crippen molar-refractivity contribution in [2.24, 2.45) is 0 Å². The van der Waals surface area contributed by atoms with Crippen LogP contribution in [0.2, 0.25) is 5.02 Å². The normalized spacial score (nSPS) is 15.0. The zero-order valence-corrected chi connectivity index (χ0v) is 13.1. The molecule has 0 atom stereocenters. The predicted octanol–water partition coefficient (Wildman–Crippen LogP) is 3.72. The summed E-state index contributed by atoms with van der Waals surface area (Å²) < 4.78 is 27.3. The van der Waals surface area contributed by atoms with Crippen LogP contribution < -0.4 is 4.72 Å². The highest BCUT2D eigenvalue weighted by molar-refractivity contribution is 7.92. The molecule has 0 bridgehead atoms. The number of hydrogen-bond acceptors (Lipinski definition) is 3. The maximum atomic E-state index is 12.4. The maximum absolute atomic E-state index is 12.4. The highest BCUT2D eigenvalue weighted by Crippen LogP contribution is 2.39. The topological polar surface area (TPSA) is 59.1 Å². The summed E-state index contributed by atoms with van der Waals surface area (Å²) in [5.41, 5.74) is 1.67. The van der Waals surface area contributed by atoms with Crippen LogP contribution in [0.25, 0.3) is 0 Å². The van der Waals surface area contributed by atoms with Gasteiger partial charge in [0.05, 0.1) is 4.90 Å². The van der Waals surface area contributed by atoms with Crippen LogP contribution in [0.1, 0.15) is 30.0 Å². The van der Waals surface area contributed by atoms with Gasteiger partial charge in [0.15, 0.2) is 0 Å². The van der Waals surface area contributed by atoms with E-state index >= 15 is 0 Å².